The fourth-order valence-corrected chi connectivity index (χ4v) is 5.19. The van der Waals surface area contributed by atoms with Crippen LogP contribution in [0.15, 0.2) is 51.9 Å². The maximum Gasteiger partial charge on any atom is 0.408 e. The van der Waals surface area contributed by atoms with Gasteiger partial charge < -0.3 is 19.5 Å². The van der Waals surface area contributed by atoms with Crippen molar-refractivity contribution in [1.82, 2.24) is 20.9 Å². The Bertz CT molecular complexity index is 1400. The van der Waals surface area contributed by atoms with Crippen LogP contribution in [0.2, 0.25) is 0 Å². The standard InChI is InChI=1S/C27H30N6O5S/c1-27(2,3)37-26(36)29-19-14-39-21-11-10-18(23(34)31-28)12-20(21)33(25(19)35)13-15-4-6-16(7-5-15)22-30-24(38-32-22)17-8-9-17/h4-7,10-12,17,19H,8-9,13-14,28H2,1-3H3,(H,29,36)(H,31,34)/t19-/m0/s1. The third-order valence-electron chi connectivity index (χ3n) is 6.22. The minimum atomic E-state index is -0.844. The summed E-state index contributed by atoms with van der Waals surface area (Å²) in [5.41, 5.74) is 3.92. The number of carbonyl (C=O) groups excluding carboxylic acids is 3. The van der Waals surface area contributed by atoms with E-state index in [9.17, 15) is 14.4 Å². The van der Waals surface area contributed by atoms with Crippen molar-refractivity contribution in [3.63, 3.8) is 0 Å². The number of rotatable bonds is 6. The van der Waals surface area contributed by atoms with Gasteiger partial charge in [-0.15, -0.1) is 11.8 Å². The molecule has 3 aromatic rings. The maximum absolute atomic E-state index is 13.8. The molecule has 2 heterocycles. The molecular weight excluding hydrogens is 520 g/mol. The molecule has 12 heteroatoms. The first-order valence-electron chi connectivity index (χ1n) is 12.6. The number of hydrogen-bond donors (Lipinski definition) is 3. The predicted molar refractivity (Wildman–Crippen MR) is 145 cm³/mol. The maximum atomic E-state index is 13.8. The van der Waals surface area contributed by atoms with Gasteiger partial charge in [-0.25, -0.2) is 10.6 Å². The highest BCUT2D eigenvalue weighted by atomic mass is 32.2. The van der Waals surface area contributed by atoms with Crippen molar-refractivity contribution in [3.05, 3.63) is 59.5 Å². The van der Waals surface area contributed by atoms with Crippen LogP contribution < -0.4 is 21.5 Å². The first-order chi connectivity index (χ1) is 18.6. The van der Waals surface area contributed by atoms with Gasteiger partial charge in [0.2, 0.25) is 11.7 Å². The summed E-state index contributed by atoms with van der Waals surface area (Å²) in [6.07, 6.45) is 1.47. The highest BCUT2D eigenvalue weighted by molar-refractivity contribution is 7.99. The number of fused-ring (bicyclic) bond motifs is 1. The van der Waals surface area contributed by atoms with E-state index >= 15 is 0 Å². The molecule has 204 valence electrons. The van der Waals surface area contributed by atoms with E-state index in [4.69, 9.17) is 15.1 Å². The number of nitrogens with two attached hydrogens (primary N) is 1. The molecule has 1 aliphatic carbocycles. The molecule has 4 N–H and O–H groups in total. The van der Waals surface area contributed by atoms with E-state index in [1.54, 1.807) is 43.9 Å². The third-order valence-corrected chi connectivity index (χ3v) is 7.38. The highest BCUT2D eigenvalue weighted by Gasteiger charge is 2.34. The molecule has 1 aromatic heterocycles. The van der Waals surface area contributed by atoms with Gasteiger partial charge in [0, 0.05) is 27.7 Å². The van der Waals surface area contributed by atoms with Crippen molar-refractivity contribution in [3.8, 4) is 11.4 Å². The van der Waals surface area contributed by atoms with Gasteiger partial charge in [0.1, 0.15) is 11.6 Å². The SMILES string of the molecule is CC(C)(C)OC(=O)N[C@H]1CSc2ccc(C(=O)NN)cc2N(Cc2ccc(-c3noc(C4CC4)n3)cc2)C1=O. The molecule has 1 atom stereocenters. The van der Waals surface area contributed by atoms with Crippen LogP contribution >= 0.6 is 11.8 Å². The van der Waals surface area contributed by atoms with Gasteiger partial charge in [-0.2, -0.15) is 4.98 Å². The topological polar surface area (TPSA) is 153 Å². The van der Waals surface area contributed by atoms with Crippen molar-refractivity contribution in [2.45, 2.75) is 62.6 Å². The summed E-state index contributed by atoms with van der Waals surface area (Å²) < 4.78 is 10.8. The molecule has 0 bridgehead atoms. The molecule has 2 aliphatic rings. The smallest absolute Gasteiger partial charge is 0.408 e. The van der Waals surface area contributed by atoms with Crippen LogP contribution in [-0.2, 0) is 16.1 Å². The molecule has 3 amide bonds. The second-order valence-electron chi connectivity index (χ2n) is 10.5. The molecule has 0 spiro atoms. The lowest BCUT2D eigenvalue weighted by Crippen LogP contribution is -2.50. The number of aromatic nitrogens is 2. The van der Waals surface area contributed by atoms with Gasteiger partial charge in [0.05, 0.1) is 12.2 Å². The van der Waals surface area contributed by atoms with Crippen LogP contribution in [0.4, 0.5) is 10.5 Å². The summed E-state index contributed by atoms with van der Waals surface area (Å²) in [6.45, 7) is 5.47. The Kier molecular flexibility index (Phi) is 7.32. The first kappa shape index (κ1) is 26.7. The summed E-state index contributed by atoms with van der Waals surface area (Å²) in [6, 6.07) is 11.7. The van der Waals surface area contributed by atoms with Gasteiger partial charge >= 0.3 is 6.09 Å². The lowest BCUT2D eigenvalue weighted by atomic mass is 10.1. The van der Waals surface area contributed by atoms with Crippen molar-refractivity contribution in [2.24, 2.45) is 5.84 Å². The molecule has 1 saturated carbocycles. The summed E-state index contributed by atoms with van der Waals surface area (Å²) in [5, 5.41) is 6.80. The average Bonchev–Trinajstić information content (AvgIpc) is 3.66. The Labute approximate surface area is 229 Å². The Balaban J connectivity index is 1.42. The molecule has 11 nitrogen and oxygen atoms in total. The van der Waals surface area contributed by atoms with Crippen LogP contribution in [-0.4, -0.2) is 45.4 Å². The van der Waals surface area contributed by atoms with Gasteiger partial charge in [0.15, 0.2) is 0 Å². The van der Waals surface area contributed by atoms with Crippen LogP contribution in [0, 0.1) is 0 Å². The Morgan fingerprint density at radius 1 is 1.18 bits per heavy atom. The van der Waals surface area contributed by atoms with E-state index < -0.39 is 23.6 Å². The summed E-state index contributed by atoms with van der Waals surface area (Å²) in [5.74, 6) is 6.40. The molecule has 5 rings (SSSR count). The summed E-state index contributed by atoms with van der Waals surface area (Å²) >= 11 is 1.41. The largest absolute Gasteiger partial charge is 0.444 e. The van der Waals surface area contributed by atoms with E-state index in [0.717, 1.165) is 28.9 Å². The number of anilines is 1. The number of nitrogen functional groups attached to an aromatic ring is 1. The number of ether oxygens (including phenoxy) is 1. The summed E-state index contributed by atoms with van der Waals surface area (Å²) in [4.78, 5) is 45.4. The van der Waals surface area contributed by atoms with Crippen molar-refractivity contribution >= 4 is 35.4 Å². The van der Waals surface area contributed by atoms with E-state index in [1.165, 1.54) is 11.8 Å². The van der Waals surface area contributed by atoms with Crippen molar-refractivity contribution < 1.29 is 23.6 Å². The number of nitrogens with zero attached hydrogens (tertiary/aromatic N) is 3. The Morgan fingerprint density at radius 3 is 2.59 bits per heavy atom. The van der Waals surface area contributed by atoms with E-state index in [-0.39, 0.29) is 12.5 Å². The van der Waals surface area contributed by atoms with Gasteiger partial charge in [-0.3, -0.25) is 15.0 Å². The van der Waals surface area contributed by atoms with Crippen molar-refractivity contribution in [2.75, 3.05) is 10.7 Å². The fraction of sp³-hybridized carbons (Fsp3) is 0.370. The van der Waals surface area contributed by atoms with Crippen molar-refractivity contribution in [1.29, 1.82) is 0 Å². The number of thioether (sulfide) groups is 1. The van der Waals surface area contributed by atoms with Crippen LogP contribution in [0.25, 0.3) is 11.4 Å². The molecule has 2 aromatic carbocycles. The van der Waals surface area contributed by atoms with Crippen LogP contribution in [0.5, 0.6) is 0 Å². The molecule has 1 aliphatic heterocycles. The quantitative estimate of drug-likeness (QED) is 0.237. The molecule has 0 saturated heterocycles. The Morgan fingerprint density at radius 2 is 1.92 bits per heavy atom. The zero-order valence-corrected chi connectivity index (χ0v) is 22.7. The van der Waals surface area contributed by atoms with E-state index in [1.807, 2.05) is 24.3 Å². The van der Waals surface area contributed by atoms with Gasteiger partial charge in [-0.05, 0) is 57.4 Å². The molecule has 1 fully saturated rings. The minimum absolute atomic E-state index is 0.201. The monoisotopic (exact) mass is 550 g/mol. The number of amides is 3. The zero-order chi connectivity index (χ0) is 27.7. The fourth-order valence-electron chi connectivity index (χ4n) is 4.13. The number of benzene rings is 2. The number of alkyl carbamates (subject to hydrolysis) is 1. The minimum Gasteiger partial charge on any atom is -0.444 e. The predicted octanol–water partition coefficient (Wildman–Crippen LogP) is 3.75. The average molecular weight is 551 g/mol. The lowest BCUT2D eigenvalue weighted by Gasteiger charge is -2.27. The zero-order valence-electron chi connectivity index (χ0n) is 21.9. The molecule has 0 radical (unpaired) electrons. The highest BCUT2D eigenvalue weighted by Crippen LogP contribution is 2.40. The second-order valence-corrected chi connectivity index (χ2v) is 11.6. The number of carbonyl (C=O) groups is 3. The number of hydrogen-bond acceptors (Lipinski definition) is 9. The lowest BCUT2D eigenvalue weighted by molar-refractivity contribution is -0.120. The summed E-state index contributed by atoms with van der Waals surface area (Å²) in [7, 11) is 0. The van der Waals surface area contributed by atoms with Crippen LogP contribution in [0.1, 0.15) is 61.3 Å². The normalized spacial score (nSPS) is 17.3. The molecular formula is C27H30N6O5S. The number of hydrazine groups is 1. The van der Waals surface area contributed by atoms with E-state index in [0.29, 0.717) is 34.6 Å². The van der Waals surface area contributed by atoms with E-state index in [2.05, 4.69) is 20.9 Å². The van der Waals surface area contributed by atoms with Gasteiger partial charge in [-0.1, -0.05) is 29.4 Å². The second kappa shape index (κ2) is 10.7. The molecule has 39 heavy (non-hydrogen) atoms. The third kappa shape index (κ3) is 6.23. The first-order valence-corrected chi connectivity index (χ1v) is 13.6. The van der Waals surface area contributed by atoms with Gasteiger partial charge in [0.25, 0.3) is 11.8 Å². The Hall–Kier alpha value is -3.90. The molecule has 0 unspecified atom stereocenters. The van der Waals surface area contributed by atoms with Crippen LogP contribution in [0.3, 0.4) is 0 Å². The number of nitrogens with one attached hydrogen (secondary N) is 2.